The van der Waals surface area contributed by atoms with E-state index in [4.69, 9.17) is 11.6 Å². The van der Waals surface area contributed by atoms with Crippen molar-refractivity contribution in [2.75, 3.05) is 0 Å². The van der Waals surface area contributed by atoms with E-state index in [9.17, 15) is 0 Å². The molecule has 3 heteroatoms. The van der Waals surface area contributed by atoms with Crippen LogP contribution in [0.4, 0.5) is 0 Å². The first-order chi connectivity index (χ1) is 4.33. The molecule has 0 bridgehead atoms. The zero-order valence-corrected chi connectivity index (χ0v) is 8.89. The maximum atomic E-state index is 5.73. The van der Waals surface area contributed by atoms with Crippen LogP contribution in [-0.4, -0.2) is 27.3 Å². The predicted molar refractivity (Wildman–Crippen MR) is 44.0 cm³/mol. The Hall–Kier alpha value is 0.549. The van der Waals surface area contributed by atoms with E-state index in [-0.39, 0.29) is 0 Å². The summed E-state index contributed by atoms with van der Waals surface area (Å²) in [5, 5.41) is 0.834. The van der Waals surface area contributed by atoms with Gasteiger partial charge in [-0.2, -0.15) is 0 Å². The van der Waals surface area contributed by atoms with Crippen molar-refractivity contribution < 1.29 is 0 Å². The van der Waals surface area contributed by atoms with Crippen LogP contribution in [0.15, 0.2) is 24.3 Å². The van der Waals surface area contributed by atoms with Gasteiger partial charge in [0.25, 0.3) is 0 Å². The number of benzene rings is 1. The second-order valence-corrected chi connectivity index (χ2v) is 5.35. The summed E-state index contributed by atoms with van der Waals surface area (Å²) in [5.41, 5.74) is 0. The van der Waals surface area contributed by atoms with Crippen molar-refractivity contribution in [2.24, 2.45) is 0 Å². The third-order valence-corrected chi connectivity index (χ3v) is 4.41. The molecule has 0 saturated heterocycles. The van der Waals surface area contributed by atoms with E-state index in [0.717, 1.165) is 5.02 Å². The number of rotatable bonds is 1. The predicted octanol–water partition coefficient (Wildman–Crippen LogP) is 0.485. The van der Waals surface area contributed by atoms with Crippen LogP contribution >= 0.6 is 11.6 Å². The average Bonchev–Trinajstić information content (AvgIpc) is 1.88. The topological polar surface area (TPSA) is 0 Å². The Labute approximate surface area is 72.5 Å². The number of halogens is 1. The zero-order chi connectivity index (χ0) is 6.69. The molecule has 0 aliphatic heterocycles. The van der Waals surface area contributed by atoms with Crippen LogP contribution < -0.4 is 4.46 Å². The van der Waals surface area contributed by atoms with Gasteiger partial charge in [0, 0.05) is 0 Å². The molecular weight excluding hydrogens is 265 g/mol. The van der Waals surface area contributed by atoms with Gasteiger partial charge < -0.3 is 0 Å². The van der Waals surface area contributed by atoms with Gasteiger partial charge in [0.2, 0.25) is 0 Å². The molecule has 1 aromatic rings. The van der Waals surface area contributed by atoms with E-state index in [0.29, 0.717) is 13.1 Å². The summed E-state index contributed by atoms with van der Waals surface area (Å²) in [6.07, 6.45) is 0. The van der Waals surface area contributed by atoms with Gasteiger partial charge in [-0.25, -0.2) is 0 Å². The summed E-state index contributed by atoms with van der Waals surface area (Å²) in [7, 11) is 0. The normalized spacial score (nSPS) is 9.56. The van der Waals surface area contributed by atoms with Crippen molar-refractivity contribution in [1.82, 2.24) is 0 Å². The van der Waals surface area contributed by atoms with E-state index in [1.54, 1.807) is 0 Å². The third-order valence-electron chi connectivity index (χ3n) is 0.901. The average molecular weight is 270 g/mol. The van der Waals surface area contributed by atoms with Crippen molar-refractivity contribution >= 4 is 43.4 Å². The molecule has 0 N–H and O–H groups in total. The Kier molecular flexibility index (Phi) is 3.11. The summed E-state index contributed by atoms with van der Waals surface area (Å²) in [6, 6.07) is 7.96. The summed E-state index contributed by atoms with van der Waals surface area (Å²) in [4.78, 5) is 0. The maximum absolute atomic E-state index is 5.73. The summed E-state index contributed by atoms with van der Waals surface area (Å²) in [6.45, 7) is 0. The van der Waals surface area contributed by atoms with Crippen molar-refractivity contribution in [1.29, 1.82) is 0 Å². The van der Waals surface area contributed by atoms with E-state index in [1.165, 1.54) is 4.46 Å². The molecule has 0 heterocycles. The van der Waals surface area contributed by atoms with Crippen molar-refractivity contribution in [3.63, 3.8) is 0 Å². The molecule has 0 saturated carbocycles. The molecule has 0 aliphatic carbocycles. The van der Waals surface area contributed by atoms with Gasteiger partial charge in [-0.05, 0) is 0 Å². The van der Waals surface area contributed by atoms with Gasteiger partial charge in [0.1, 0.15) is 0 Å². The summed E-state index contributed by atoms with van der Waals surface area (Å²) < 4.78 is 1.33. The van der Waals surface area contributed by atoms with Crippen LogP contribution in [0.3, 0.4) is 0 Å². The first kappa shape index (κ1) is 7.65. The molecule has 0 radical (unpaired) electrons. The van der Waals surface area contributed by atoms with Crippen LogP contribution in [0.5, 0.6) is 0 Å². The molecule has 0 amide bonds. The zero-order valence-electron chi connectivity index (χ0n) is 4.54. The number of hydrogen-bond acceptors (Lipinski definition) is 0. The van der Waals surface area contributed by atoms with Crippen LogP contribution in [0.2, 0.25) is 5.02 Å². The fourth-order valence-corrected chi connectivity index (χ4v) is 2.77. The first-order valence-electron chi connectivity index (χ1n) is 2.40. The van der Waals surface area contributed by atoms with E-state index < -0.39 is 0 Å². The fourth-order valence-electron chi connectivity index (χ4n) is 0.524. The van der Waals surface area contributed by atoms with Crippen LogP contribution in [0, 0.1) is 0 Å². The Morgan fingerprint density at radius 1 is 1.44 bits per heavy atom. The Bertz CT molecular complexity index is 200. The van der Waals surface area contributed by atoms with Crippen LogP contribution in [0.25, 0.3) is 0 Å². The molecule has 0 unspecified atom stereocenters. The Morgan fingerprint density at radius 3 is 2.67 bits per heavy atom. The molecule has 9 heavy (non-hydrogen) atoms. The quantitative estimate of drug-likeness (QED) is 0.652. The van der Waals surface area contributed by atoms with Gasteiger partial charge in [0.05, 0.1) is 0 Å². The van der Waals surface area contributed by atoms with Gasteiger partial charge in [-0.3, -0.25) is 0 Å². The third kappa shape index (κ3) is 2.33. The summed E-state index contributed by atoms with van der Waals surface area (Å²) in [5.74, 6) is 0. The molecule has 48 valence electrons. The summed E-state index contributed by atoms with van der Waals surface area (Å²) >= 11 is 8.82. The molecule has 0 aliphatic rings. The fraction of sp³-hybridized carbons (Fsp3) is 0. The van der Waals surface area contributed by atoms with Gasteiger partial charge in [-0.15, -0.1) is 0 Å². The van der Waals surface area contributed by atoms with Crippen molar-refractivity contribution in [3.05, 3.63) is 29.3 Å². The molecular formula is C6H5ClSe2. The van der Waals surface area contributed by atoms with Gasteiger partial charge >= 0.3 is 72.7 Å². The molecule has 0 atom stereocenters. The van der Waals surface area contributed by atoms with Crippen molar-refractivity contribution in [2.45, 2.75) is 0 Å². The van der Waals surface area contributed by atoms with Gasteiger partial charge in [0.15, 0.2) is 0 Å². The Morgan fingerprint density at radius 2 is 2.22 bits per heavy atom. The molecule has 0 spiro atoms. The van der Waals surface area contributed by atoms with E-state index in [1.807, 2.05) is 18.2 Å². The molecule has 0 nitrogen and oxygen atoms in total. The molecule has 1 aromatic carbocycles. The second kappa shape index (κ2) is 3.65. The second-order valence-electron chi connectivity index (χ2n) is 1.55. The van der Waals surface area contributed by atoms with Crippen LogP contribution in [-0.2, 0) is 0 Å². The SMILES string of the molecule is Clc1cccc([Se][SeH])c1. The minimum atomic E-state index is 0.512. The minimum absolute atomic E-state index is 0.512. The molecule has 0 fully saturated rings. The van der Waals surface area contributed by atoms with E-state index >= 15 is 0 Å². The molecule has 1 rings (SSSR count). The first-order valence-corrected chi connectivity index (χ1v) is 8.38. The van der Waals surface area contributed by atoms with Crippen LogP contribution in [0.1, 0.15) is 0 Å². The van der Waals surface area contributed by atoms with E-state index in [2.05, 4.69) is 20.3 Å². The number of hydrogen-bond donors (Lipinski definition) is 0. The standard InChI is InChI=1S/C6H5ClSe2/c7-5-2-1-3-6(4-5)9-8/h1-4,8H. The van der Waals surface area contributed by atoms with Crippen molar-refractivity contribution in [3.8, 4) is 0 Å². The Balaban J connectivity index is 2.94. The monoisotopic (exact) mass is 272 g/mol. The molecule has 0 aromatic heterocycles. The van der Waals surface area contributed by atoms with Gasteiger partial charge in [-0.1, -0.05) is 0 Å².